The molecule has 1 N–H and O–H groups in total. The Hall–Kier alpha value is -1.10. The normalized spacial score (nSPS) is 42.5. The average molecular weight is 496 g/mol. The molecule has 1 aliphatic heterocycles. The number of ether oxygens (including phenoxy) is 2. The second-order valence-electron chi connectivity index (χ2n) is 13.3. The molecule has 0 amide bonds. The third-order valence-corrected chi connectivity index (χ3v) is 12.1. The van der Waals surface area contributed by atoms with Gasteiger partial charge in [0.25, 0.3) is 0 Å². The second-order valence-corrected chi connectivity index (χ2v) is 13.3. The summed E-state index contributed by atoms with van der Waals surface area (Å²) in [4.78, 5) is 2.54. The summed E-state index contributed by atoms with van der Waals surface area (Å²) in [6.45, 7) is 7.52. The number of hydrogen-bond acceptors (Lipinski definition) is 4. The fraction of sp³-hybridized carbons (Fsp3) is 0.812. The van der Waals surface area contributed by atoms with Gasteiger partial charge in [-0.15, -0.1) is 0 Å². The van der Waals surface area contributed by atoms with Crippen molar-refractivity contribution in [3.05, 3.63) is 29.8 Å². The van der Waals surface area contributed by atoms with E-state index in [0.717, 1.165) is 44.1 Å². The Morgan fingerprint density at radius 3 is 2.58 bits per heavy atom. The lowest BCUT2D eigenvalue weighted by Gasteiger charge is -2.64. The molecule has 4 heteroatoms. The minimum atomic E-state index is -0.638. The van der Waals surface area contributed by atoms with Gasteiger partial charge in [-0.2, -0.15) is 0 Å². The van der Waals surface area contributed by atoms with Crippen molar-refractivity contribution in [2.75, 3.05) is 40.0 Å². The zero-order valence-electron chi connectivity index (χ0n) is 22.9. The lowest BCUT2D eigenvalue weighted by molar-refractivity contribution is -0.220. The molecule has 1 aromatic carbocycles. The molecule has 4 nitrogen and oxygen atoms in total. The molecule has 0 aromatic heterocycles. The van der Waals surface area contributed by atoms with E-state index in [1.165, 1.54) is 76.4 Å². The monoisotopic (exact) mass is 495 g/mol. The molecule has 5 aliphatic rings. The van der Waals surface area contributed by atoms with Gasteiger partial charge < -0.3 is 19.5 Å². The molecule has 4 saturated carbocycles. The highest BCUT2D eigenvalue weighted by molar-refractivity contribution is 5.40. The van der Waals surface area contributed by atoms with Crippen LogP contribution in [0.4, 0.5) is 0 Å². The SMILES string of the molecule is COc1ccccc1[C@H]1CC[C@]2(O)[C@@H]3CC[C@@H]4CCCC[C@]4(C)[C@H]3CC[C@]12COCCN1CCCC1. The van der Waals surface area contributed by atoms with E-state index in [9.17, 15) is 5.11 Å². The molecule has 4 aliphatic carbocycles. The Balaban J connectivity index is 1.31. The molecule has 0 radical (unpaired) electrons. The van der Waals surface area contributed by atoms with Gasteiger partial charge in [0.1, 0.15) is 5.75 Å². The van der Waals surface area contributed by atoms with Crippen molar-refractivity contribution < 1.29 is 14.6 Å². The Morgan fingerprint density at radius 2 is 1.75 bits per heavy atom. The van der Waals surface area contributed by atoms with Crippen molar-refractivity contribution in [1.29, 1.82) is 0 Å². The lowest BCUT2D eigenvalue weighted by atomic mass is 9.43. The van der Waals surface area contributed by atoms with Gasteiger partial charge in [0.2, 0.25) is 0 Å². The van der Waals surface area contributed by atoms with Crippen LogP contribution in [-0.4, -0.2) is 55.6 Å². The maximum Gasteiger partial charge on any atom is 0.122 e. The minimum Gasteiger partial charge on any atom is -0.496 e. The molecule has 7 atom stereocenters. The predicted molar refractivity (Wildman–Crippen MR) is 144 cm³/mol. The van der Waals surface area contributed by atoms with Crippen molar-refractivity contribution >= 4 is 0 Å². The lowest BCUT2D eigenvalue weighted by Crippen LogP contribution is -2.63. The Labute approximate surface area is 219 Å². The van der Waals surface area contributed by atoms with E-state index in [1.807, 2.05) is 0 Å². The fourth-order valence-electron chi connectivity index (χ4n) is 10.2. The number of likely N-dealkylation sites (tertiary alicyclic amines) is 1. The second kappa shape index (κ2) is 9.89. The van der Waals surface area contributed by atoms with Gasteiger partial charge in [0.05, 0.1) is 25.9 Å². The highest BCUT2D eigenvalue weighted by atomic mass is 16.5. The van der Waals surface area contributed by atoms with E-state index in [-0.39, 0.29) is 5.41 Å². The first-order valence-corrected chi connectivity index (χ1v) is 15.2. The Kier molecular flexibility index (Phi) is 6.92. The smallest absolute Gasteiger partial charge is 0.122 e. The van der Waals surface area contributed by atoms with E-state index >= 15 is 0 Å². The van der Waals surface area contributed by atoms with Gasteiger partial charge in [-0.3, -0.25) is 0 Å². The molecule has 0 unspecified atom stereocenters. The summed E-state index contributed by atoms with van der Waals surface area (Å²) < 4.78 is 12.5. The number of aliphatic hydroxyl groups is 1. The highest BCUT2D eigenvalue weighted by Crippen LogP contribution is 2.71. The summed E-state index contributed by atoms with van der Waals surface area (Å²) in [6, 6.07) is 8.59. The van der Waals surface area contributed by atoms with Gasteiger partial charge >= 0.3 is 0 Å². The molecule has 36 heavy (non-hydrogen) atoms. The summed E-state index contributed by atoms with van der Waals surface area (Å²) in [5, 5.41) is 12.9. The first-order valence-electron chi connectivity index (χ1n) is 15.2. The number of nitrogens with zero attached hydrogens (tertiary/aromatic N) is 1. The van der Waals surface area contributed by atoms with Crippen molar-refractivity contribution in [1.82, 2.24) is 4.90 Å². The van der Waals surface area contributed by atoms with E-state index in [4.69, 9.17) is 9.47 Å². The predicted octanol–water partition coefficient (Wildman–Crippen LogP) is 6.42. The number of hydrogen-bond donors (Lipinski definition) is 1. The van der Waals surface area contributed by atoms with Crippen LogP contribution in [0.25, 0.3) is 0 Å². The van der Waals surface area contributed by atoms with Gasteiger partial charge in [-0.1, -0.05) is 38.0 Å². The maximum absolute atomic E-state index is 12.9. The van der Waals surface area contributed by atoms with Crippen LogP contribution in [-0.2, 0) is 4.74 Å². The van der Waals surface area contributed by atoms with Crippen LogP contribution in [0.1, 0.15) is 95.5 Å². The van der Waals surface area contributed by atoms with Gasteiger partial charge in [-0.05, 0) is 118 Å². The van der Waals surface area contributed by atoms with Crippen molar-refractivity contribution in [3.8, 4) is 5.75 Å². The van der Waals surface area contributed by atoms with Crippen LogP contribution < -0.4 is 4.74 Å². The quantitative estimate of drug-likeness (QED) is 0.443. The Morgan fingerprint density at radius 1 is 0.917 bits per heavy atom. The highest BCUT2D eigenvalue weighted by Gasteiger charge is 2.69. The van der Waals surface area contributed by atoms with Crippen LogP contribution in [0.3, 0.4) is 0 Å². The Bertz CT molecular complexity index is 914. The first-order chi connectivity index (χ1) is 17.5. The van der Waals surface area contributed by atoms with Crippen molar-refractivity contribution in [2.45, 2.75) is 95.5 Å². The molecular formula is C32H49NO3. The molecule has 5 fully saturated rings. The largest absolute Gasteiger partial charge is 0.496 e. The number of methoxy groups -OCH3 is 1. The molecule has 1 saturated heterocycles. The molecule has 6 rings (SSSR count). The summed E-state index contributed by atoms with van der Waals surface area (Å²) in [7, 11) is 1.79. The third kappa shape index (κ3) is 3.88. The zero-order valence-corrected chi connectivity index (χ0v) is 22.9. The number of rotatable bonds is 7. The number of fused-ring (bicyclic) bond motifs is 5. The standard InChI is InChI=1S/C32H49NO3/c1-30-16-6-5-9-24(30)12-13-28-27(30)14-17-31(23-36-22-21-33-19-7-8-20-33)26(15-18-32(28,31)34)25-10-3-4-11-29(25)35-2/h3-4,10-11,24,26-28,34H,5-9,12-23H2,1-2H3/t24-,26+,27-,28+,30-,31-,32-/m0/s1. The summed E-state index contributed by atoms with van der Waals surface area (Å²) in [5.74, 6) is 3.21. The van der Waals surface area contributed by atoms with E-state index in [0.29, 0.717) is 29.8 Å². The maximum atomic E-state index is 12.9. The van der Waals surface area contributed by atoms with Gasteiger partial charge in [-0.25, -0.2) is 0 Å². The van der Waals surface area contributed by atoms with Crippen LogP contribution in [0.5, 0.6) is 5.75 Å². The van der Waals surface area contributed by atoms with Crippen LogP contribution in [0.2, 0.25) is 0 Å². The summed E-state index contributed by atoms with van der Waals surface area (Å²) in [6.07, 6.45) is 15.0. The van der Waals surface area contributed by atoms with E-state index < -0.39 is 5.60 Å². The topological polar surface area (TPSA) is 41.9 Å². The third-order valence-electron chi connectivity index (χ3n) is 12.1. The van der Waals surface area contributed by atoms with Crippen molar-refractivity contribution in [3.63, 3.8) is 0 Å². The minimum absolute atomic E-state index is 0.217. The number of para-hydroxylation sites is 1. The molecule has 0 spiro atoms. The van der Waals surface area contributed by atoms with Crippen LogP contribution >= 0.6 is 0 Å². The molecule has 1 heterocycles. The number of benzene rings is 1. The molecule has 200 valence electrons. The zero-order chi connectivity index (χ0) is 24.8. The van der Waals surface area contributed by atoms with Crippen LogP contribution in [0.15, 0.2) is 24.3 Å². The summed E-state index contributed by atoms with van der Waals surface area (Å²) >= 11 is 0. The average Bonchev–Trinajstić information content (AvgIpc) is 3.52. The molecular weight excluding hydrogens is 446 g/mol. The van der Waals surface area contributed by atoms with Gasteiger partial charge in [0.15, 0.2) is 0 Å². The van der Waals surface area contributed by atoms with E-state index in [1.54, 1.807) is 7.11 Å². The van der Waals surface area contributed by atoms with Crippen LogP contribution in [0, 0.1) is 28.6 Å². The fourth-order valence-corrected chi connectivity index (χ4v) is 10.2. The molecule has 0 bridgehead atoms. The van der Waals surface area contributed by atoms with Gasteiger partial charge in [0, 0.05) is 12.0 Å². The summed E-state index contributed by atoms with van der Waals surface area (Å²) in [5.41, 5.74) is 0.851. The molecule has 1 aromatic rings. The first kappa shape index (κ1) is 25.2. The van der Waals surface area contributed by atoms with Crippen molar-refractivity contribution in [2.24, 2.45) is 28.6 Å². The van der Waals surface area contributed by atoms with E-state index in [2.05, 4.69) is 36.1 Å².